The molecule has 0 aliphatic heterocycles. The predicted octanol–water partition coefficient (Wildman–Crippen LogP) is 0.942. The Hall–Kier alpha value is -0.770. The third-order valence-electron chi connectivity index (χ3n) is 1.98. The second-order valence-corrected chi connectivity index (χ2v) is 3.92. The summed E-state index contributed by atoms with van der Waals surface area (Å²) in [5.74, 6) is 0.184. The van der Waals surface area contributed by atoms with Crippen LogP contribution >= 0.6 is 11.6 Å². The van der Waals surface area contributed by atoms with E-state index in [-0.39, 0.29) is 18.4 Å². The van der Waals surface area contributed by atoms with Crippen molar-refractivity contribution in [3.05, 3.63) is 0 Å². The van der Waals surface area contributed by atoms with E-state index < -0.39 is 0 Å². The Balaban J connectivity index is 4.26. The highest BCUT2D eigenvalue weighted by atomic mass is 35.5. The molecule has 0 aromatic heterocycles. The van der Waals surface area contributed by atoms with Gasteiger partial charge in [-0.25, -0.2) is 0 Å². The molecule has 0 spiro atoms. The number of rotatable bonds is 6. The molecule has 0 aliphatic carbocycles. The highest BCUT2D eigenvalue weighted by Crippen LogP contribution is 1.99. The third kappa shape index (κ3) is 5.62. The van der Waals surface area contributed by atoms with Crippen molar-refractivity contribution < 1.29 is 9.59 Å². The Morgan fingerprint density at radius 1 is 1.20 bits per heavy atom. The number of hydrogen-bond donors (Lipinski definition) is 0. The van der Waals surface area contributed by atoms with Crippen LogP contribution in [0.2, 0.25) is 0 Å². The van der Waals surface area contributed by atoms with Crippen molar-refractivity contribution >= 4 is 23.4 Å². The summed E-state index contributed by atoms with van der Waals surface area (Å²) in [4.78, 5) is 26.0. The van der Waals surface area contributed by atoms with E-state index in [1.165, 1.54) is 4.90 Å². The van der Waals surface area contributed by atoms with Crippen molar-refractivity contribution in [3.8, 4) is 0 Å². The zero-order valence-electron chi connectivity index (χ0n) is 9.62. The molecule has 0 unspecified atom stereocenters. The largest absolute Gasteiger partial charge is 0.347 e. The zero-order chi connectivity index (χ0) is 11.8. The maximum Gasteiger partial charge on any atom is 0.241 e. The molecule has 4 nitrogen and oxygen atoms in total. The minimum atomic E-state index is -0.0635. The van der Waals surface area contributed by atoms with Crippen molar-refractivity contribution in [1.29, 1.82) is 0 Å². The Bertz CT molecular complexity index is 219. The summed E-state index contributed by atoms with van der Waals surface area (Å²) in [7, 11) is 3.36. The van der Waals surface area contributed by atoms with Crippen LogP contribution < -0.4 is 0 Å². The van der Waals surface area contributed by atoms with E-state index in [4.69, 9.17) is 11.6 Å². The molecule has 0 radical (unpaired) electrons. The molecule has 0 aliphatic rings. The molecule has 2 amide bonds. The number of hydrogen-bond acceptors (Lipinski definition) is 2. The van der Waals surface area contributed by atoms with Crippen LogP contribution in [0.4, 0.5) is 0 Å². The van der Waals surface area contributed by atoms with Crippen molar-refractivity contribution in [2.75, 3.05) is 33.1 Å². The van der Waals surface area contributed by atoms with Gasteiger partial charge in [0.1, 0.15) is 0 Å². The van der Waals surface area contributed by atoms with Crippen molar-refractivity contribution in [3.63, 3.8) is 0 Å². The molecule has 0 fully saturated rings. The van der Waals surface area contributed by atoms with Crippen LogP contribution in [0.5, 0.6) is 0 Å². The molecule has 0 aromatic carbocycles. The van der Waals surface area contributed by atoms with Gasteiger partial charge in [0.2, 0.25) is 11.8 Å². The summed E-state index contributed by atoms with van der Waals surface area (Å²) in [6, 6.07) is 0. The normalized spacial score (nSPS) is 9.87. The molecule has 88 valence electrons. The van der Waals surface area contributed by atoms with Crippen LogP contribution in [-0.4, -0.2) is 54.7 Å². The van der Waals surface area contributed by atoms with Gasteiger partial charge in [-0.05, 0) is 6.42 Å². The fraction of sp³-hybridized carbons (Fsp3) is 0.800. The predicted molar refractivity (Wildman–Crippen MR) is 60.9 cm³/mol. The number of alkyl halides is 1. The van der Waals surface area contributed by atoms with Crippen LogP contribution in [0.25, 0.3) is 0 Å². The van der Waals surface area contributed by atoms with Gasteiger partial charge in [0.05, 0.1) is 6.54 Å². The number of nitrogens with zero attached hydrogens (tertiary/aromatic N) is 2. The Labute approximate surface area is 96.2 Å². The fourth-order valence-corrected chi connectivity index (χ4v) is 1.27. The van der Waals surface area contributed by atoms with E-state index >= 15 is 0 Å². The summed E-state index contributed by atoms with van der Waals surface area (Å²) in [6.07, 6.45) is 1.14. The minimum Gasteiger partial charge on any atom is -0.347 e. The van der Waals surface area contributed by atoms with Crippen molar-refractivity contribution in [2.45, 2.75) is 19.8 Å². The lowest BCUT2D eigenvalue weighted by Gasteiger charge is -2.23. The van der Waals surface area contributed by atoms with Crippen molar-refractivity contribution in [2.24, 2.45) is 0 Å². The summed E-state index contributed by atoms with van der Waals surface area (Å²) >= 11 is 5.50. The molecule has 0 heterocycles. The average Bonchev–Trinajstić information content (AvgIpc) is 2.17. The van der Waals surface area contributed by atoms with Gasteiger partial charge in [-0.2, -0.15) is 0 Å². The van der Waals surface area contributed by atoms with Gasteiger partial charge in [-0.15, -0.1) is 11.6 Å². The summed E-state index contributed by atoms with van der Waals surface area (Å²) in [5, 5.41) is 0. The summed E-state index contributed by atoms with van der Waals surface area (Å²) in [6.45, 7) is 2.73. The van der Waals surface area contributed by atoms with Crippen LogP contribution in [0.1, 0.15) is 19.8 Å². The zero-order valence-corrected chi connectivity index (χ0v) is 10.4. The minimum absolute atomic E-state index is 0.0537. The van der Waals surface area contributed by atoms with Gasteiger partial charge in [-0.3, -0.25) is 9.59 Å². The first-order valence-corrected chi connectivity index (χ1v) is 5.60. The topological polar surface area (TPSA) is 40.6 Å². The van der Waals surface area contributed by atoms with E-state index in [0.29, 0.717) is 18.8 Å². The van der Waals surface area contributed by atoms with Gasteiger partial charge < -0.3 is 9.80 Å². The summed E-state index contributed by atoms with van der Waals surface area (Å²) < 4.78 is 0. The monoisotopic (exact) mass is 234 g/mol. The van der Waals surface area contributed by atoms with Gasteiger partial charge in [0, 0.05) is 32.9 Å². The standard InChI is InChI=1S/C10H19ClN2O2/c1-4-7-13(9(14)5-6-11)8-10(15)12(2)3/h4-8H2,1-3H3. The molecule has 0 N–H and O–H groups in total. The lowest BCUT2D eigenvalue weighted by Crippen LogP contribution is -2.40. The van der Waals surface area contributed by atoms with Gasteiger partial charge >= 0.3 is 0 Å². The van der Waals surface area contributed by atoms with Crippen LogP contribution in [0.15, 0.2) is 0 Å². The highest BCUT2D eigenvalue weighted by Gasteiger charge is 2.16. The van der Waals surface area contributed by atoms with E-state index in [1.54, 1.807) is 19.0 Å². The van der Waals surface area contributed by atoms with Gasteiger partial charge in [0.15, 0.2) is 0 Å². The van der Waals surface area contributed by atoms with Crippen molar-refractivity contribution in [1.82, 2.24) is 9.80 Å². The van der Waals surface area contributed by atoms with E-state index in [2.05, 4.69) is 0 Å². The molecule has 0 rings (SSSR count). The first kappa shape index (κ1) is 14.2. The molecule has 0 bridgehead atoms. The highest BCUT2D eigenvalue weighted by molar-refractivity contribution is 6.18. The lowest BCUT2D eigenvalue weighted by atomic mass is 10.3. The maximum absolute atomic E-state index is 11.6. The third-order valence-corrected chi connectivity index (χ3v) is 2.17. The molecular weight excluding hydrogens is 216 g/mol. The second-order valence-electron chi connectivity index (χ2n) is 3.54. The SMILES string of the molecule is CCCN(CC(=O)N(C)C)C(=O)CCCl. The molecule has 0 saturated heterocycles. The summed E-state index contributed by atoms with van der Waals surface area (Å²) in [5.41, 5.74) is 0. The molecular formula is C10H19ClN2O2. The van der Waals surface area contributed by atoms with Crippen LogP contribution in [-0.2, 0) is 9.59 Å². The number of carbonyl (C=O) groups excluding carboxylic acids is 2. The van der Waals surface area contributed by atoms with Crippen LogP contribution in [0.3, 0.4) is 0 Å². The van der Waals surface area contributed by atoms with Gasteiger partial charge in [0.25, 0.3) is 0 Å². The van der Waals surface area contributed by atoms with Gasteiger partial charge in [-0.1, -0.05) is 6.92 Å². The number of likely N-dealkylation sites (N-methyl/N-ethyl adjacent to an activating group) is 1. The fourth-order valence-electron chi connectivity index (χ4n) is 1.11. The molecule has 0 atom stereocenters. The Morgan fingerprint density at radius 2 is 1.80 bits per heavy atom. The number of carbonyl (C=O) groups is 2. The molecule has 5 heteroatoms. The van der Waals surface area contributed by atoms with E-state index in [1.807, 2.05) is 6.92 Å². The quantitative estimate of drug-likeness (QED) is 0.642. The first-order valence-electron chi connectivity index (χ1n) is 5.06. The van der Waals surface area contributed by atoms with Crippen LogP contribution in [0, 0.1) is 0 Å². The molecule has 0 aromatic rings. The Kier molecular flexibility index (Phi) is 7.13. The maximum atomic E-state index is 11.6. The first-order chi connectivity index (χ1) is 7.02. The average molecular weight is 235 g/mol. The van der Waals surface area contributed by atoms with E-state index in [0.717, 1.165) is 6.42 Å². The lowest BCUT2D eigenvalue weighted by molar-refractivity contribution is -0.139. The Morgan fingerprint density at radius 3 is 2.20 bits per heavy atom. The number of amides is 2. The molecule has 0 saturated carbocycles. The second kappa shape index (κ2) is 7.51. The smallest absolute Gasteiger partial charge is 0.241 e. The molecule has 15 heavy (non-hydrogen) atoms. The van der Waals surface area contributed by atoms with E-state index in [9.17, 15) is 9.59 Å². The number of halogens is 1.